The predicted molar refractivity (Wildman–Crippen MR) is 139 cm³/mol. The fourth-order valence-electron chi connectivity index (χ4n) is 3.55. The highest BCUT2D eigenvalue weighted by atomic mass is 32.2. The first kappa shape index (κ1) is 25.5. The van der Waals surface area contributed by atoms with Crippen LogP contribution in [0.5, 0.6) is 11.5 Å². The summed E-state index contributed by atoms with van der Waals surface area (Å²) in [6.07, 6.45) is 0.422. The second-order valence-corrected chi connectivity index (χ2v) is 10.2. The Bertz CT molecular complexity index is 1220. The van der Waals surface area contributed by atoms with Gasteiger partial charge in [-0.15, -0.1) is 10.2 Å². The zero-order valence-electron chi connectivity index (χ0n) is 19.7. The van der Waals surface area contributed by atoms with Crippen LogP contribution in [-0.4, -0.2) is 54.4 Å². The molecule has 1 aliphatic rings. The van der Waals surface area contributed by atoms with E-state index in [1.807, 2.05) is 0 Å². The number of carbonyl (C=O) groups is 3. The maximum absolute atomic E-state index is 12.7. The lowest BCUT2D eigenvalue weighted by molar-refractivity contribution is -0.122. The SMILES string of the molecule is COc1ccc(NC(=O)CCSc2nnc(NC(=O)C3CC(=O)N(c4ccc(OC)cc4)C3)s2)cc1. The molecule has 3 aromatic rings. The van der Waals surface area contributed by atoms with Crippen molar-refractivity contribution < 1.29 is 23.9 Å². The number of carbonyl (C=O) groups excluding carboxylic acids is 3. The first-order chi connectivity index (χ1) is 17.4. The Labute approximate surface area is 216 Å². The van der Waals surface area contributed by atoms with Gasteiger partial charge in [0.2, 0.25) is 22.9 Å². The molecule has 36 heavy (non-hydrogen) atoms. The molecule has 1 aliphatic heterocycles. The van der Waals surface area contributed by atoms with Crippen LogP contribution in [0.1, 0.15) is 12.8 Å². The molecular weight excluding hydrogens is 502 g/mol. The summed E-state index contributed by atoms with van der Waals surface area (Å²) in [4.78, 5) is 38.9. The largest absolute Gasteiger partial charge is 0.497 e. The molecule has 2 aromatic carbocycles. The highest BCUT2D eigenvalue weighted by Gasteiger charge is 2.35. The molecule has 0 radical (unpaired) electrons. The van der Waals surface area contributed by atoms with E-state index in [0.29, 0.717) is 39.6 Å². The fraction of sp³-hybridized carbons (Fsp3) is 0.292. The topological polar surface area (TPSA) is 123 Å². The monoisotopic (exact) mass is 527 g/mol. The van der Waals surface area contributed by atoms with Crippen LogP contribution in [-0.2, 0) is 14.4 Å². The number of anilines is 3. The molecule has 188 valence electrons. The fourth-order valence-corrected chi connectivity index (χ4v) is 5.31. The molecule has 3 amide bonds. The van der Waals surface area contributed by atoms with E-state index in [4.69, 9.17) is 9.47 Å². The number of nitrogens with zero attached hydrogens (tertiary/aromatic N) is 3. The summed E-state index contributed by atoms with van der Waals surface area (Å²) >= 11 is 2.62. The highest BCUT2D eigenvalue weighted by molar-refractivity contribution is 8.01. The minimum absolute atomic E-state index is 0.109. The maximum Gasteiger partial charge on any atom is 0.231 e. The van der Waals surface area contributed by atoms with E-state index in [0.717, 1.165) is 11.4 Å². The van der Waals surface area contributed by atoms with Gasteiger partial charge in [0.15, 0.2) is 4.34 Å². The Hall–Kier alpha value is -3.64. The van der Waals surface area contributed by atoms with Crippen LogP contribution in [0.4, 0.5) is 16.5 Å². The van der Waals surface area contributed by atoms with E-state index in [9.17, 15) is 14.4 Å². The standard InChI is InChI=1S/C24H25N5O5S2/c1-33-18-7-3-16(4-8-18)25-20(30)11-12-35-24-28-27-23(36-24)26-22(32)15-13-21(31)29(14-15)17-5-9-19(34-2)10-6-17/h3-10,15H,11-14H2,1-2H3,(H,25,30)(H,26,27,32). The number of rotatable bonds is 10. The Morgan fingerprint density at radius 3 is 2.36 bits per heavy atom. The van der Waals surface area contributed by atoms with Crippen LogP contribution >= 0.6 is 23.1 Å². The average Bonchev–Trinajstić information content (AvgIpc) is 3.50. The molecular formula is C24H25N5O5S2. The summed E-state index contributed by atoms with van der Waals surface area (Å²) in [5.74, 6) is 0.949. The van der Waals surface area contributed by atoms with E-state index >= 15 is 0 Å². The number of amides is 3. The number of thioether (sulfide) groups is 1. The molecule has 0 bridgehead atoms. The molecule has 0 spiro atoms. The van der Waals surface area contributed by atoms with Crippen molar-refractivity contribution >= 4 is 57.3 Å². The van der Waals surface area contributed by atoms with Gasteiger partial charge in [0.05, 0.1) is 20.1 Å². The van der Waals surface area contributed by atoms with Crippen LogP contribution in [0, 0.1) is 5.92 Å². The first-order valence-electron chi connectivity index (χ1n) is 11.1. The zero-order valence-corrected chi connectivity index (χ0v) is 21.4. The molecule has 1 fully saturated rings. The minimum atomic E-state index is -0.485. The predicted octanol–water partition coefficient (Wildman–Crippen LogP) is 3.67. The zero-order chi connectivity index (χ0) is 25.5. The molecule has 2 N–H and O–H groups in total. The smallest absolute Gasteiger partial charge is 0.231 e. The third-order valence-corrected chi connectivity index (χ3v) is 7.42. The van der Waals surface area contributed by atoms with Gasteiger partial charge in [-0.2, -0.15) is 0 Å². The number of hydrogen-bond donors (Lipinski definition) is 2. The summed E-state index contributed by atoms with van der Waals surface area (Å²) in [6.45, 7) is 0.292. The van der Waals surface area contributed by atoms with Crippen LogP contribution in [0.15, 0.2) is 52.9 Å². The van der Waals surface area contributed by atoms with Gasteiger partial charge >= 0.3 is 0 Å². The third kappa shape index (κ3) is 6.52. The lowest BCUT2D eigenvalue weighted by Crippen LogP contribution is -2.28. The van der Waals surface area contributed by atoms with Gasteiger partial charge in [-0.25, -0.2) is 0 Å². The molecule has 2 heterocycles. The average molecular weight is 528 g/mol. The molecule has 4 rings (SSSR count). The molecule has 1 saturated heterocycles. The molecule has 0 aliphatic carbocycles. The van der Waals surface area contributed by atoms with Gasteiger partial charge in [-0.1, -0.05) is 23.1 Å². The van der Waals surface area contributed by atoms with E-state index in [2.05, 4.69) is 20.8 Å². The second kappa shape index (κ2) is 11.9. The van der Waals surface area contributed by atoms with Gasteiger partial charge in [-0.05, 0) is 48.5 Å². The van der Waals surface area contributed by atoms with Crippen molar-refractivity contribution in [2.75, 3.05) is 42.1 Å². The molecule has 1 atom stereocenters. The second-order valence-electron chi connectivity index (χ2n) is 7.84. The van der Waals surface area contributed by atoms with Crippen LogP contribution in [0.25, 0.3) is 0 Å². The maximum atomic E-state index is 12.7. The summed E-state index contributed by atoms with van der Waals surface area (Å²) in [7, 11) is 3.16. The van der Waals surface area contributed by atoms with Crippen molar-refractivity contribution in [3.63, 3.8) is 0 Å². The summed E-state index contributed by atoms with van der Waals surface area (Å²) in [5.41, 5.74) is 1.42. The lowest BCUT2D eigenvalue weighted by atomic mass is 10.1. The number of benzene rings is 2. The van der Waals surface area contributed by atoms with Crippen molar-refractivity contribution in [2.45, 2.75) is 17.2 Å². The Balaban J connectivity index is 1.22. The van der Waals surface area contributed by atoms with Gasteiger partial charge in [0, 0.05) is 36.5 Å². The van der Waals surface area contributed by atoms with Crippen LogP contribution in [0.3, 0.4) is 0 Å². The molecule has 1 aromatic heterocycles. The lowest BCUT2D eigenvalue weighted by Gasteiger charge is -2.16. The van der Waals surface area contributed by atoms with Crippen LogP contribution < -0.4 is 25.0 Å². The first-order valence-corrected chi connectivity index (χ1v) is 12.9. The summed E-state index contributed by atoms with van der Waals surface area (Å²) in [5, 5.41) is 14.0. The van der Waals surface area contributed by atoms with Gasteiger partial charge in [0.25, 0.3) is 0 Å². The van der Waals surface area contributed by atoms with E-state index < -0.39 is 5.92 Å². The van der Waals surface area contributed by atoms with Crippen molar-refractivity contribution in [1.82, 2.24) is 10.2 Å². The van der Waals surface area contributed by atoms with E-state index in [1.54, 1.807) is 67.7 Å². The normalized spacial score (nSPS) is 15.0. The summed E-state index contributed by atoms with van der Waals surface area (Å²) < 4.78 is 10.9. The van der Waals surface area contributed by atoms with Crippen molar-refractivity contribution in [3.8, 4) is 11.5 Å². The van der Waals surface area contributed by atoms with E-state index in [1.165, 1.54) is 23.1 Å². The molecule has 0 saturated carbocycles. The quantitative estimate of drug-likeness (QED) is 0.303. The molecule has 10 nitrogen and oxygen atoms in total. The van der Waals surface area contributed by atoms with Gasteiger partial charge in [0.1, 0.15) is 11.5 Å². The highest BCUT2D eigenvalue weighted by Crippen LogP contribution is 2.29. The van der Waals surface area contributed by atoms with Crippen molar-refractivity contribution in [1.29, 1.82) is 0 Å². The van der Waals surface area contributed by atoms with Crippen LogP contribution in [0.2, 0.25) is 0 Å². The molecule has 12 heteroatoms. The Morgan fingerprint density at radius 1 is 1.03 bits per heavy atom. The third-order valence-electron chi connectivity index (χ3n) is 5.44. The summed E-state index contributed by atoms with van der Waals surface area (Å²) in [6, 6.07) is 14.2. The Kier molecular flexibility index (Phi) is 8.39. The van der Waals surface area contributed by atoms with Crippen molar-refractivity contribution in [2.24, 2.45) is 5.92 Å². The number of hydrogen-bond acceptors (Lipinski definition) is 9. The van der Waals surface area contributed by atoms with Gasteiger partial charge < -0.3 is 25.0 Å². The number of ether oxygens (including phenoxy) is 2. The minimum Gasteiger partial charge on any atom is -0.497 e. The molecule has 1 unspecified atom stereocenters. The Morgan fingerprint density at radius 2 is 1.69 bits per heavy atom. The van der Waals surface area contributed by atoms with E-state index in [-0.39, 0.29) is 24.1 Å². The van der Waals surface area contributed by atoms with Gasteiger partial charge in [-0.3, -0.25) is 14.4 Å². The number of methoxy groups -OCH3 is 2. The number of aromatic nitrogens is 2. The number of nitrogens with one attached hydrogen (secondary N) is 2. The van der Waals surface area contributed by atoms with Crippen molar-refractivity contribution in [3.05, 3.63) is 48.5 Å².